The fourth-order valence-electron chi connectivity index (χ4n) is 1.95. The van der Waals surface area contributed by atoms with E-state index in [0.717, 1.165) is 19.6 Å². The summed E-state index contributed by atoms with van der Waals surface area (Å²) in [5.74, 6) is 0. The van der Waals surface area contributed by atoms with Crippen LogP contribution in [0.2, 0.25) is 0 Å². The van der Waals surface area contributed by atoms with Crippen molar-refractivity contribution in [1.29, 1.82) is 0 Å². The molecule has 0 radical (unpaired) electrons. The smallest absolute Gasteiger partial charge is 0.160 e. The Morgan fingerprint density at radius 1 is 1.27 bits per heavy atom. The Hall–Kier alpha value is -0.670. The first kappa shape index (κ1) is 10.8. The summed E-state index contributed by atoms with van der Waals surface area (Å²) in [6.07, 6.45) is 0. The maximum atomic E-state index is 4.48. The predicted octanol–water partition coefficient (Wildman–Crippen LogP) is 2.57. The van der Waals surface area contributed by atoms with E-state index in [4.69, 9.17) is 0 Å². The average Bonchev–Trinajstić information content (AvgIpc) is 2.78. The molecule has 2 aliphatic heterocycles. The van der Waals surface area contributed by atoms with Gasteiger partial charge in [-0.3, -0.25) is 4.99 Å². The molecule has 0 amide bonds. The molecule has 80 valence electrons. The van der Waals surface area contributed by atoms with Gasteiger partial charge in [0, 0.05) is 13.1 Å². The van der Waals surface area contributed by atoms with Crippen molar-refractivity contribution >= 4 is 29.3 Å². The summed E-state index contributed by atoms with van der Waals surface area (Å²) in [6.45, 7) is 3.24. The monoisotopic (exact) mass is 240 g/mol. The van der Waals surface area contributed by atoms with Crippen LogP contribution in [0.5, 0.6) is 0 Å². The molecule has 1 aromatic carbocycles. The van der Waals surface area contributed by atoms with Crippen LogP contribution in [0.1, 0.15) is 10.8 Å². The Bertz CT molecular complexity index is 366. The topological polar surface area (TPSA) is 15.6 Å². The highest BCUT2D eigenvalue weighted by Gasteiger charge is 2.31. The third kappa shape index (κ3) is 1.99. The largest absolute Gasteiger partial charge is 0.348 e. The van der Waals surface area contributed by atoms with Gasteiger partial charge in [0.15, 0.2) is 5.17 Å². The van der Waals surface area contributed by atoms with Gasteiger partial charge < -0.3 is 4.90 Å². The molecule has 2 heterocycles. The standard InChI is InChI=1S/C11H12N2S.ClH/c1-2-4-9(5-3-1)10-8-13-7-6-12-11(13)14-10;/h1-5,10H,6-8H2;1H. The van der Waals surface area contributed by atoms with Gasteiger partial charge in [0.25, 0.3) is 0 Å². The van der Waals surface area contributed by atoms with E-state index in [2.05, 4.69) is 40.2 Å². The minimum atomic E-state index is 0. The Labute approximate surface area is 100 Å². The molecule has 1 saturated heterocycles. The van der Waals surface area contributed by atoms with Crippen molar-refractivity contribution in [1.82, 2.24) is 4.90 Å². The van der Waals surface area contributed by atoms with Crippen LogP contribution in [0.25, 0.3) is 0 Å². The van der Waals surface area contributed by atoms with E-state index in [-0.39, 0.29) is 12.4 Å². The summed E-state index contributed by atoms with van der Waals surface area (Å²) in [4.78, 5) is 6.87. The number of benzene rings is 1. The first-order valence-electron chi connectivity index (χ1n) is 4.94. The summed E-state index contributed by atoms with van der Waals surface area (Å²) in [7, 11) is 0. The molecule has 0 bridgehead atoms. The van der Waals surface area contributed by atoms with Crippen LogP contribution in [0.15, 0.2) is 35.3 Å². The molecule has 1 atom stereocenters. The van der Waals surface area contributed by atoms with Crippen molar-refractivity contribution in [2.75, 3.05) is 19.6 Å². The highest BCUT2D eigenvalue weighted by Crippen LogP contribution is 2.39. The normalized spacial score (nSPS) is 23.3. The van der Waals surface area contributed by atoms with Crippen LogP contribution in [0, 0.1) is 0 Å². The molecule has 2 aliphatic rings. The second kappa shape index (κ2) is 4.45. The zero-order chi connectivity index (χ0) is 9.38. The fraction of sp³-hybridized carbons (Fsp3) is 0.364. The molecule has 1 unspecified atom stereocenters. The van der Waals surface area contributed by atoms with Gasteiger partial charge in [0.05, 0.1) is 11.8 Å². The lowest BCUT2D eigenvalue weighted by Gasteiger charge is -2.11. The first-order chi connectivity index (χ1) is 6.93. The van der Waals surface area contributed by atoms with E-state index in [1.54, 1.807) is 0 Å². The van der Waals surface area contributed by atoms with Crippen LogP contribution in [0.3, 0.4) is 0 Å². The van der Waals surface area contributed by atoms with Crippen LogP contribution >= 0.6 is 24.2 Å². The summed E-state index contributed by atoms with van der Waals surface area (Å²) in [5, 5.41) is 1.84. The van der Waals surface area contributed by atoms with Crippen molar-refractivity contribution in [3.63, 3.8) is 0 Å². The summed E-state index contributed by atoms with van der Waals surface area (Å²) in [5.41, 5.74) is 1.43. The second-order valence-electron chi connectivity index (χ2n) is 3.63. The zero-order valence-electron chi connectivity index (χ0n) is 8.30. The lowest BCUT2D eigenvalue weighted by molar-refractivity contribution is 0.476. The Kier molecular flexibility index (Phi) is 3.22. The molecule has 0 saturated carbocycles. The Balaban J connectivity index is 0.000000853. The number of amidine groups is 1. The molecule has 15 heavy (non-hydrogen) atoms. The third-order valence-electron chi connectivity index (χ3n) is 2.69. The van der Waals surface area contributed by atoms with Crippen molar-refractivity contribution < 1.29 is 0 Å². The number of hydrogen-bond acceptors (Lipinski definition) is 3. The zero-order valence-corrected chi connectivity index (χ0v) is 9.93. The summed E-state index contributed by atoms with van der Waals surface area (Å²) in [6, 6.07) is 10.7. The minimum absolute atomic E-state index is 0. The van der Waals surface area contributed by atoms with E-state index in [0.29, 0.717) is 5.25 Å². The second-order valence-corrected chi connectivity index (χ2v) is 4.80. The molecular formula is C11H13ClN2S. The SMILES string of the molecule is Cl.c1ccc(C2CN3CCN=C3S2)cc1. The van der Waals surface area contributed by atoms with Gasteiger partial charge in [0.1, 0.15) is 0 Å². The quantitative estimate of drug-likeness (QED) is 0.750. The van der Waals surface area contributed by atoms with Gasteiger partial charge in [-0.25, -0.2) is 0 Å². The minimum Gasteiger partial charge on any atom is -0.348 e. The highest BCUT2D eigenvalue weighted by atomic mass is 35.5. The molecule has 1 fully saturated rings. The van der Waals surface area contributed by atoms with E-state index in [9.17, 15) is 0 Å². The number of nitrogens with zero attached hydrogens (tertiary/aromatic N) is 2. The molecule has 0 aliphatic carbocycles. The lowest BCUT2D eigenvalue weighted by Crippen LogP contribution is -2.21. The summed E-state index contributed by atoms with van der Waals surface area (Å²) < 4.78 is 0. The van der Waals surface area contributed by atoms with E-state index in [1.165, 1.54) is 10.7 Å². The van der Waals surface area contributed by atoms with Crippen molar-refractivity contribution in [3.8, 4) is 0 Å². The number of thioether (sulfide) groups is 1. The van der Waals surface area contributed by atoms with Crippen LogP contribution in [-0.2, 0) is 0 Å². The molecule has 2 nitrogen and oxygen atoms in total. The average molecular weight is 241 g/mol. The highest BCUT2D eigenvalue weighted by molar-refractivity contribution is 8.14. The Morgan fingerprint density at radius 2 is 2.07 bits per heavy atom. The first-order valence-corrected chi connectivity index (χ1v) is 5.82. The number of hydrogen-bond donors (Lipinski definition) is 0. The number of fused-ring (bicyclic) bond motifs is 1. The molecular weight excluding hydrogens is 228 g/mol. The van der Waals surface area contributed by atoms with Gasteiger partial charge >= 0.3 is 0 Å². The number of halogens is 1. The molecule has 3 rings (SSSR count). The maximum absolute atomic E-state index is 4.48. The van der Waals surface area contributed by atoms with E-state index < -0.39 is 0 Å². The number of aliphatic imine (C=N–C) groups is 1. The van der Waals surface area contributed by atoms with Crippen LogP contribution in [-0.4, -0.2) is 29.7 Å². The molecule has 1 aromatic rings. The molecule has 0 aromatic heterocycles. The predicted molar refractivity (Wildman–Crippen MR) is 67.9 cm³/mol. The maximum Gasteiger partial charge on any atom is 0.160 e. The van der Waals surface area contributed by atoms with Gasteiger partial charge in [-0.1, -0.05) is 42.1 Å². The Morgan fingerprint density at radius 3 is 2.80 bits per heavy atom. The number of rotatable bonds is 1. The van der Waals surface area contributed by atoms with Crippen molar-refractivity contribution in [2.45, 2.75) is 5.25 Å². The van der Waals surface area contributed by atoms with Gasteiger partial charge in [-0.15, -0.1) is 12.4 Å². The van der Waals surface area contributed by atoms with E-state index in [1.807, 2.05) is 11.8 Å². The molecule has 0 N–H and O–H groups in total. The third-order valence-corrected chi connectivity index (χ3v) is 4.00. The fourth-order valence-corrected chi connectivity index (χ4v) is 3.23. The van der Waals surface area contributed by atoms with Gasteiger partial charge in [-0.2, -0.15) is 0 Å². The van der Waals surface area contributed by atoms with E-state index >= 15 is 0 Å². The van der Waals surface area contributed by atoms with Crippen molar-refractivity contribution in [2.24, 2.45) is 4.99 Å². The van der Waals surface area contributed by atoms with Gasteiger partial charge in [-0.05, 0) is 5.56 Å². The van der Waals surface area contributed by atoms with Gasteiger partial charge in [0.2, 0.25) is 0 Å². The van der Waals surface area contributed by atoms with Crippen LogP contribution < -0.4 is 0 Å². The lowest BCUT2D eigenvalue weighted by atomic mass is 10.1. The van der Waals surface area contributed by atoms with Crippen LogP contribution in [0.4, 0.5) is 0 Å². The van der Waals surface area contributed by atoms with Crippen molar-refractivity contribution in [3.05, 3.63) is 35.9 Å². The summed E-state index contributed by atoms with van der Waals surface area (Å²) >= 11 is 1.91. The molecule has 4 heteroatoms. The molecule has 0 spiro atoms.